The fraction of sp³-hybridized carbons (Fsp3) is 0.478. The van der Waals surface area contributed by atoms with Gasteiger partial charge in [0.15, 0.2) is 0 Å². The van der Waals surface area contributed by atoms with Crippen LogP contribution in [-0.4, -0.2) is 36.5 Å². The fourth-order valence-electron chi connectivity index (χ4n) is 3.81. The van der Waals surface area contributed by atoms with Crippen molar-refractivity contribution in [1.82, 2.24) is 15.5 Å². The minimum Gasteiger partial charge on any atom is -0.341 e. The van der Waals surface area contributed by atoms with Crippen LogP contribution in [0.2, 0.25) is 0 Å². The molecule has 0 saturated heterocycles. The number of urea groups is 1. The zero-order valence-corrected chi connectivity index (χ0v) is 16.7. The van der Waals surface area contributed by atoms with Gasteiger partial charge in [-0.1, -0.05) is 55.7 Å². The molecule has 0 radical (unpaired) electrons. The Morgan fingerprint density at radius 2 is 1.79 bits per heavy atom. The number of carbonyl (C=O) groups excluding carboxylic acids is 2. The van der Waals surface area contributed by atoms with Gasteiger partial charge in [-0.2, -0.15) is 0 Å². The van der Waals surface area contributed by atoms with Gasteiger partial charge in [0.1, 0.15) is 0 Å². The van der Waals surface area contributed by atoms with Gasteiger partial charge in [0.2, 0.25) is 5.91 Å². The van der Waals surface area contributed by atoms with Gasteiger partial charge >= 0.3 is 6.03 Å². The lowest BCUT2D eigenvalue weighted by Gasteiger charge is -2.23. The Labute approximate surface area is 167 Å². The van der Waals surface area contributed by atoms with E-state index in [9.17, 15) is 9.59 Å². The number of benzene rings is 2. The molecule has 0 heterocycles. The molecule has 1 aliphatic carbocycles. The average Bonchev–Trinajstić information content (AvgIpc) is 2.71. The van der Waals surface area contributed by atoms with Crippen molar-refractivity contribution in [2.75, 3.05) is 13.6 Å². The minimum atomic E-state index is -0.108. The van der Waals surface area contributed by atoms with Crippen molar-refractivity contribution in [3.05, 3.63) is 48.0 Å². The Bertz CT molecular complexity index is 799. The van der Waals surface area contributed by atoms with Crippen LogP contribution in [0.4, 0.5) is 4.79 Å². The molecule has 150 valence electrons. The predicted octanol–water partition coefficient (Wildman–Crippen LogP) is 4.21. The molecule has 0 spiro atoms. The van der Waals surface area contributed by atoms with E-state index >= 15 is 0 Å². The molecule has 2 aromatic rings. The first-order chi connectivity index (χ1) is 13.6. The lowest BCUT2D eigenvalue weighted by molar-refractivity contribution is -0.130. The fourth-order valence-corrected chi connectivity index (χ4v) is 3.81. The topological polar surface area (TPSA) is 61.4 Å². The normalized spacial score (nSPS) is 14.6. The zero-order valence-electron chi connectivity index (χ0n) is 16.7. The van der Waals surface area contributed by atoms with Gasteiger partial charge < -0.3 is 15.5 Å². The van der Waals surface area contributed by atoms with E-state index in [0.29, 0.717) is 32.0 Å². The number of amides is 3. The van der Waals surface area contributed by atoms with Crippen molar-refractivity contribution in [3.8, 4) is 0 Å². The summed E-state index contributed by atoms with van der Waals surface area (Å²) in [6.45, 7) is 1.12. The summed E-state index contributed by atoms with van der Waals surface area (Å²) in [4.78, 5) is 26.0. The maximum Gasteiger partial charge on any atom is 0.315 e. The van der Waals surface area contributed by atoms with E-state index in [0.717, 1.165) is 18.4 Å². The van der Waals surface area contributed by atoms with Crippen molar-refractivity contribution in [2.45, 2.75) is 57.5 Å². The molecule has 1 fully saturated rings. The Morgan fingerprint density at radius 3 is 2.57 bits per heavy atom. The van der Waals surface area contributed by atoms with Crippen LogP contribution in [0.3, 0.4) is 0 Å². The number of fused-ring (bicyclic) bond motifs is 1. The van der Waals surface area contributed by atoms with Crippen LogP contribution >= 0.6 is 0 Å². The molecule has 2 aromatic carbocycles. The second-order valence-corrected chi connectivity index (χ2v) is 7.77. The third kappa shape index (κ3) is 5.98. The van der Waals surface area contributed by atoms with E-state index < -0.39 is 0 Å². The summed E-state index contributed by atoms with van der Waals surface area (Å²) >= 11 is 0. The van der Waals surface area contributed by atoms with E-state index in [-0.39, 0.29) is 11.9 Å². The monoisotopic (exact) mass is 381 g/mol. The van der Waals surface area contributed by atoms with Crippen LogP contribution in [0.5, 0.6) is 0 Å². The number of hydrogen-bond acceptors (Lipinski definition) is 2. The summed E-state index contributed by atoms with van der Waals surface area (Å²) in [6, 6.07) is 14.7. The van der Waals surface area contributed by atoms with Gasteiger partial charge in [-0.25, -0.2) is 4.79 Å². The Hall–Kier alpha value is -2.56. The summed E-state index contributed by atoms with van der Waals surface area (Å²) in [6.07, 6.45) is 6.91. The standard InChI is InChI=1S/C23H31N3O2/c1-26(17-18-13-14-19-8-5-6-9-20(19)16-18)22(27)12-7-15-24-23(28)25-21-10-3-2-4-11-21/h5-6,8-9,13-14,16,21H,2-4,7,10-12,15,17H2,1H3,(H2,24,25,28). The minimum absolute atomic E-state index is 0.0997. The summed E-state index contributed by atoms with van der Waals surface area (Å²) < 4.78 is 0. The summed E-state index contributed by atoms with van der Waals surface area (Å²) in [5.41, 5.74) is 1.12. The van der Waals surface area contributed by atoms with Gasteiger partial charge in [0.25, 0.3) is 0 Å². The van der Waals surface area contributed by atoms with Gasteiger partial charge in [-0.05, 0) is 41.7 Å². The Balaban J connectivity index is 1.36. The number of nitrogens with zero attached hydrogens (tertiary/aromatic N) is 1. The van der Waals surface area contributed by atoms with E-state index in [2.05, 4.69) is 41.0 Å². The first-order valence-electron chi connectivity index (χ1n) is 10.4. The van der Waals surface area contributed by atoms with Crippen LogP contribution < -0.4 is 10.6 Å². The van der Waals surface area contributed by atoms with Crippen molar-refractivity contribution < 1.29 is 9.59 Å². The van der Waals surface area contributed by atoms with Crippen molar-refractivity contribution in [3.63, 3.8) is 0 Å². The quantitative estimate of drug-likeness (QED) is 0.706. The highest BCUT2D eigenvalue weighted by Gasteiger charge is 2.15. The molecule has 0 aliphatic heterocycles. The van der Waals surface area contributed by atoms with E-state index in [1.807, 2.05) is 19.2 Å². The molecule has 0 atom stereocenters. The van der Waals surface area contributed by atoms with Crippen molar-refractivity contribution >= 4 is 22.7 Å². The predicted molar refractivity (Wildman–Crippen MR) is 113 cm³/mol. The van der Waals surface area contributed by atoms with E-state index in [4.69, 9.17) is 0 Å². The van der Waals surface area contributed by atoms with Gasteiger partial charge in [0, 0.05) is 32.6 Å². The lowest BCUT2D eigenvalue weighted by atomic mass is 9.96. The molecule has 0 bridgehead atoms. The second kappa shape index (κ2) is 10.1. The Morgan fingerprint density at radius 1 is 1.04 bits per heavy atom. The Kier molecular flexibility index (Phi) is 7.29. The first kappa shape index (κ1) is 20.2. The SMILES string of the molecule is CN(Cc1ccc2ccccc2c1)C(=O)CCCNC(=O)NC1CCCCC1. The number of rotatable bonds is 7. The van der Waals surface area contributed by atoms with Gasteiger partial charge in [-0.3, -0.25) is 4.79 Å². The highest BCUT2D eigenvalue weighted by molar-refractivity contribution is 5.83. The van der Waals surface area contributed by atoms with Crippen LogP contribution in [0, 0.1) is 0 Å². The largest absolute Gasteiger partial charge is 0.341 e. The highest BCUT2D eigenvalue weighted by atomic mass is 16.2. The lowest BCUT2D eigenvalue weighted by Crippen LogP contribution is -2.43. The second-order valence-electron chi connectivity index (χ2n) is 7.77. The number of carbonyl (C=O) groups is 2. The molecule has 1 saturated carbocycles. The highest BCUT2D eigenvalue weighted by Crippen LogP contribution is 2.18. The molecule has 3 amide bonds. The van der Waals surface area contributed by atoms with Gasteiger partial charge in [-0.15, -0.1) is 0 Å². The number of hydrogen-bond donors (Lipinski definition) is 2. The first-order valence-corrected chi connectivity index (χ1v) is 10.4. The molecule has 3 rings (SSSR count). The summed E-state index contributed by atoms with van der Waals surface area (Å²) in [5.74, 6) is 0.0997. The smallest absolute Gasteiger partial charge is 0.315 e. The maximum atomic E-state index is 12.4. The van der Waals surface area contributed by atoms with Crippen LogP contribution in [0.25, 0.3) is 10.8 Å². The molecule has 5 heteroatoms. The summed E-state index contributed by atoms with van der Waals surface area (Å²) in [7, 11) is 1.83. The van der Waals surface area contributed by atoms with Crippen molar-refractivity contribution in [2.24, 2.45) is 0 Å². The van der Waals surface area contributed by atoms with Crippen LogP contribution in [-0.2, 0) is 11.3 Å². The molecule has 0 aromatic heterocycles. The zero-order chi connectivity index (χ0) is 19.8. The molecule has 5 nitrogen and oxygen atoms in total. The summed E-state index contributed by atoms with van der Waals surface area (Å²) in [5, 5.41) is 8.30. The molecule has 1 aliphatic rings. The molecule has 28 heavy (non-hydrogen) atoms. The third-order valence-corrected chi connectivity index (χ3v) is 5.45. The number of nitrogens with one attached hydrogen (secondary N) is 2. The van der Waals surface area contributed by atoms with Gasteiger partial charge in [0.05, 0.1) is 0 Å². The molecule has 0 unspecified atom stereocenters. The van der Waals surface area contributed by atoms with Crippen molar-refractivity contribution in [1.29, 1.82) is 0 Å². The third-order valence-electron chi connectivity index (χ3n) is 5.45. The molecular formula is C23H31N3O2. The molecule has 2 N–H and O–H groups in total. The molecular weight excluding hydrogens is 350 g/mol. The average molecular weight is 382 g/mol. The maximum absolute atomic E-state index is 12.4. The van der Waals surface area contributed by atoms with Crippen LogP contribution in [0.15, 0.2) is 42.5 Å². The van der Waals surface area contributed by atoms with E-state index in [1.54, 1.807) is 4.90 Å². The van der Waals surface area contributed by atoms with Crippen LogP contribution in [0.1, 0.15) is 50.5 Å². The van der Waals surface area contributed by atoms with E-state index in [1.165, 1.54) is 30.0 Å².